The van der Waals surface area contributed by atoms with Crippen LogP contribution in [0.15, 0.2) is 61.1 Å². The number of carboxylic acid groups (broad SMARTS) is 1. The Hall–Kier alpha value is -4.17. The molecule has 2 aromatic carbocycles. The maximum atomic E-state index is 12.8. The van der Waals surface area contributed by atoms with Gasteiger partial charge < -0.3 is 15.4 Å². The van der Waals surface area contributed by atoms with Crippen molar-refractivity contribution in [2.45, 2.75) is 19.4 Å². The highest BCUT2D eigenvalue weighted by Gasteiger charge is 2.12. The number of carboxylic acids is 1. The molecule has 3 heterocycles. The SMILES string of the molecule is O=C(O)Cc1c[nH]c2ccc(Cc3cncc(C(=O)NCc4n[nH]c5ccc(Cl)cc45)c3)cc12. The monoisotopic (exact) mass is 473 g/mol. The summed E-state index contributed by atoms with van der Waals surface area (Å²) in [7, 11) is 0. The molecule has 0 spiro atoms. The first-order valence-electron chi connectivity index (χ1n) is 10.6. The molecule has 4 N–H and O–H groups in total. The molecular formula is C25H20ClN5O3. The summed E-state index contributed by atoms with van der Waals surface area (Å²) in [6, 6.07) is 13.1. The Labute approximate surface area is 199 Å². The van der Waals surface area contributed by atoms with Crippen LogP contribution in [0.5, 0.6) is 0 Å². The number of pyridine rings is 1. The summed E-state index contributed by atoms with van der Waals surface area (Å²) >= 11 is 6.08. The number of carbonyl (C=O) groups is 2. The highest BCUT2D eigenvalue weighted by Crippen LogP contribution is 2.23. The first-order chi connectivity index (χ1) is 16.5. The minimum Gasteiger partial charge on any atom is -0.481 e. The van der Waals surface area contributed by atoms with Gasteiger partial charge in [0.25, 0.3) is 5.91 Å². The number of carbonyl (C=O) groups excluding carboxylic acids is 1. The molecule has 0 aliphatic rings. The quantitative estimate of drug-likeness (QED) is 0.281. The van der Waals surface area contributed by atoms with Crippen molar-refractivity contribution in [1.82, 2.24) is 25.5 Å². The molecule has 0 unspecified atom stereocenters. The number of aliphatic carboxylic acids is 1. The molecule has 0 radical (unpaired) electrons. The number of amides is 1. The van der Waals surface area contributed by atoms with Gasteiger partial charge in [-0.2, -0.15) is 5.10 Å². The van der Waals surface area contributed by atoms with Crippen LogP contribution in [0.2, 0.25) is 5.02 Å². The van der Waals surface area contributed by atoms with Gasteiger partial charge >= 0.3 is 5.97 Å². The smallest absolute Gasteiger partial charge is 0.307 e. The number of nitrogens with zero attached hydrogens (tertiary/aromatic N) is 2. The molecule has 0 aliphatic heterocycles. The van der Waals surface area contributed by atoms with Crippen molar-refractivity contribution in [2.75, 3.05) is 0 Å². The molecule has 1 amide bonds. The van der Waals surface area contributed by atoms with Crippen molar-refractivity contribution >= 4 is 45.3 Å². The maximum absolute atomic E-state index is 12.8. The van der Waals surface area contributed by atoms with E-state index in [0.717, 1.165) is 38.5 Å². The Morgan fingerprint density at radius 1 is 1.00 bits per heavy atom. The molecule has 170 valence electrons. The van der Waals surface area contributed by atoms with Gasteiger partial charge in [-0.3, -0.25) is 19.7 Å². The van der Waals surface area contributed by atoms with E-state index in [9.17, 15) is 9.59 Å². The van der Waals surface area contributed by atoms with Crippen LogP contribution in [0.25, 0.3) is 21.8 Å². The fraction of sp³-hybridized carbons (Fsp3) is 0.120. The predicted molar refractivity (Wildman–Crippen MR) is 129 cm³/mol. The van der Waals surface area contributed by atoms with E-state index >= 15 is 0 Å². The summed E-state index contributed by atoms with van der Waals surface area (Å²) in [6.45, 7) is 0.250. The normalized spacial score (nSPS) is 11.2. The van der Waals surface area contributed by atoms with Gasteiger partial charge in [-0.25, -0.2) is 0 Å². The second-order valence-corrected chi connectivity index (χ2v) is 8.50. The summed E-state index contributed by atoms with van der Waals surface area (Å²) in [6.07, 6.45) is 5.49. The van der Waals surface area contributed by atoms with Gasteiger partial charge in [0.15, 0.2) is 0 Å². The molecule has 3 aromatic heterocycles. The summed E-state index contributed by atoms with van der Waals surface area (Å²) in [4.78, 5) is 31.2. The molecule has 0 bridgehead atoms. The van der Waals surface area contributed by atoms with Crippen LogP contribution in [0, 0.1) is 0 Å². The van der Waals surface area contributed by atoms with E-state index in [0.29, 0.717) is 22.7 Å². The molecule has 0 atom stereocenters. The lowest BCUT2D eigenvalue weighted by Gasteiger charge is -2.07. The van der Waals surface area contributed by atoms with Crippen LogP contribution in [0.1, 0.15) is 32.7 Å². The highest BCUT2D eigenvalue weighted by molar-refractivity contribution is 6.31. The number of H-pyrrole nitrogens is 2. The second-order valence-electron chi connectivity index (χ2n) is 8.07. The zero-order chi connectivity index (χ0) is 23.7. The number of rotatable bonds is 7. The maximum Gasteiger partial charge on any atom is 0.307 e. The van der Waals surface area contributed by atoms with Crippen LogP contribution in [-0.2, 0) is 24.2 Å². The van der Waals surface area contributed by atoms with E-state index in [1.807, 2.05) is 30.3 Å². The lowest BCUT2D eigenvalue weighted by atomic mass is 10.0. The van der Waals surface area contributed by atoms with Crippen LogP contribution in [0.4, 0.5) is 0 Å². The lowest BCUT2D eigenvalue weighted by Crippen LogP contribution is -2.23. The predicted octanol–water partition coefficient (Wildman–Crippen LogP) is 4.24. The minimum absolute atomic E-state index is 0.0435. The van der Waals surface area contributed by atoms with Crippen LogP contribution < -0.4 is 5.32 Å². The molecule has 0 saturated heterocycles. The first-order valence-corrected chi connectivity index (χ1v) is 11.0. The standard InChI is InChI=1S/C25H20ClN5O3/c26-18-2-4-22-20(9-18)23(31-30-22)13-29-25(34)17-6-15(10-27-11-17)5-14-1-3-21-19(7-14)16(12-28-21)8-24(32)33/h1-4,6-7,9-12,28H,5,8,13H2,(H,29,34)(H,30,31)(H,32,33). The highest BCUT2D eigenvalue weighted by atomic mass is 35.5. The van der Waals surface area contributed by atoms with Crippen molar-refractivity contribution < 1.29 is 14.7 Å². The van der Waals surface area contributed by atoms with E-state index < -0.39 is 5.97 Å². The van der Waals surface area contributed by atoms with E-state index in [4.69, 9.17) is 16.7 Å². The number of aromatic nitrogens is 4. The molecule has 9 heteroatoms. The number of nitrogens with one attached hydrogen (secondary N) is 3. The van der Waals surface area contributed by atoms with Crippen molar-refractivity contribution in [3.8, 4) is 0 Å². The van der Waals surface area contributed by atoms with Gasteiger partial charge in [-0.15, -0.1) is 0 Å². The third-order valence-electron chi connectivity index (χ3n) is 5.66. The molecule has 0 saturated carbocycles. The zero-order valence-corrected chi connectivity index (χ0v) is 18.7. The van der Waals surface area contributed by atoms with Crippen molar-refractivity contribution in [2.24, 2.45) is 0 Å². The number of aromatic amines is 2. The van der Waals surface area contributed by atoms with E-state index in [2.05, 4.69) is 25.5 Å². The van der Waals surface area contributed by atoms with Crippen LogP contribution in [0.3, 0.4) is 0 Å². The summed E-state index contributed by atoms with van der Waals surface area (Å²) in [5, 5.41) is 21.6. The largest absolute Gasteiger partial charge is 0.481 e. The average molecular weight is 474 g/mol. The second kappa shape index (κ2) is 8.99. The molecular weight excluding hydrogens is 454 g/mol. The summed E-state index contributed by atoms with van der Waals surface area (Å²) in [5.74, 6) is -1.13. The van der Waals surface area contributed by atoms with Crippen molar-refractivity contribution in [1.29, 1.82) is 0 Å². The molecule has 0 aliphatic carbocycles. The molecule has 5 rings (SSSR count). The van der Waals surface area contributed by atoms with Crippen LogP contribution in [-0.4, -0.2) is 37.1 Å². The van der Waals surface area contributed by atoms with E-state index in [-0.39, 0.29) is 18.9 Å². The van der Waals surface area contributed by atoms with Crippen LogP contribution >= 0.6 is 11.6 Å². The Balaban J connectivity index is 1.30. The average Bonchev–Trinajstić information content (AvgIpc) is 3.40. The number of hydrogen-bond donors (Lipinski definition) is 4. The third kappa shape index (κ3) is 4.49. The van der Waals surface area contributed by atoms with E-state index in [1.54, 1.807) is 24.5 Å². The molecule has 34 heavy (non-hydrogen) atoms. The Morgan fingerprint density at radius 3 is 2.71 bits per heavy atom. The molecule has 0 fully saturated rings. The van der Waals surface area contributed by atoms with Gasteiger partial charge in [0, 0.05) is 39.9 Å². The molecule has 8 nitrogen and oxygen atoms in total. The summed E-state index contributed by atoms with van der Waals surface area (Å²) in [5.41, 5.74) is 5.50. The van der Waals surface area contributed by atoms with Crippen molar-refractivity contribution in [3.05, 3.63) is 94.0 Å². The Bertz CT molecular complexity index is 1540. The fourth-order valence-electron chi connectivity index (χ4n) is 4.03. The lowest BCUT2D eigenvalue weighted by molar-refractivity contribution is -0.136. The first kappa shape index (κ1) is 21.7. The van der Waals surface area contributed by atoms with Gasteiger partial charge in [-0.1, -0.05) is 17.7 Å². The van der Waals surface area contributed by atoms with Gasteiger partial charge in [0.2, 0.25) is 0 Å². The van der Waals surface area contributed by atoms with Gasteiger partial charge in [-0.05, 0) is 59.5 Å². The number of hydrogen-bond acceptors (Lipinski definition) is 4. The molecule has 5 aromatic rings. The fourth-order valence-corrected chi connectivity index (χ4v) is 4.20. The van der Waals surface area contributed by atoms with Gasteiger partial charge in [0.05, 0.1) is 29.7 Å². The zero-order valence-electron chi connectivity index (χ0n) is 17.9. The summed E-state index contributed by atoms with van der Waals surface area (Å²) < 4.78 is 0. The number of halogens is 1. The third-order valence-corrected chi connectivity index (χ3v) is 5.89. The Morgan fingerprint density at radius 2 is 1.85 bits per heavy atom. The number of benzene rings is 2. The minimum atomic E-state index is -0.875. The van der Waals surface area contributed by atoms with Crippen molar-refractivity contribution in [3.63, 3.8) is 0 Å². The topological polar surface area (TPSA) is 124 Å². The van der Waals surface area contributed by atoms with Gasteiger partial charge in [0.1, 0.15) is 0 Å². The Kier molecular flexibility index (Phi) is 5.73. The number of fused-ring (bicyclic) bond motifs is 2. The van der Waals surface area contributed by atoms with E-state index in [1.165, 1.54) is 6.20 Å².